The molecule has 0 bridgehead atoms. The summed E-state index contributed by atoms with van der Waals surface area (Å²) in [6.45, 7) is 5.69. The van der Waals surface area contributed by atoms with E-state index in [2.05, 4.69) is 29.1 Å². The summed E-state index contributed by atoms with van der Waals surface area (Å²) in [6.07, 6.45) is 4.93. The number of aromatic nitrogens is 2. The molecule has 0 radical (unpaired) electrons. The van der Waals surface area contributed by atoms with Crippen LogP contribution in [0.2, 0.25) is 0 Å². The molecule has 2 aliphatic rings. The fourth-order valence-electron chi connectivity index (χ4n) is 3.82. The fraction of sp³-hybridized carbons (Fsp3) is 0.706. The molecule has 1 amide bonds. The first-order chi connectivity index (χ1) is 11.6. The van der Waals surface area contributed by atoms with Gasteiger partial charge in [-0.05, 0) is 24.7 Å². The van der Waals surface area contributed by atoms with Crippen molar-refractivity contribution in [3.63, 3.8) is 0 Å². The van der Waals surface area contributed by atoms with E-state index in [1.54, 1.807) is 0 Å². The van der Waals surface area contributed by atoms with E-state index in [9.17, 15) is 4.79 Å². The van der Waals surface area contributed by atoms with Crippen LogP contribution >= 0.6 is 0 Å². The van der Waals surface area contributed by atoms with Gasteiger partial charge in [-0.2, -0.15) is 0 Å². The van der Waals surface area contributed by atoms with Crippen LogP contribution in [-0.4, -0.2) is 46.5 Å². The van der Waals surface area contributed by atoms with Gasteiger partial charge in [0.1, 0.15) is 12.4 Å². The van der Waals surface area contributed by atoms with Crippen LogP contribution in [0.3, 0.4) is 0 Å². The monoisotopic (exact) mass is 335 g/mol. The average molecular weight is 335 g/mol. The van der Waals surface area contributed by atoms with Gasteiger partial charge in [0.05, 0.1) is 0 Å². The van der Waals surface area contributed by atoms with Gasteiger partial charge in [0.15, 0.2) is 0 Å². The van der Waals surface area contributed by atoms with E-state index < -0.39 is 6.09 Å². The number of carboxylic acid groups (broad SMARTS) is 1. The second-order valence-electron chi connectivity index (χ2n) is 6.94. The summed E-state index contributed by atoms with van der Waals surface area (Å²) >= 11 is 0. The van der Waals surface area contributed by atoms with E-state index in [1.165, 1.54) is 6.33 Å². The Bertz CT molecular complexity index is 575. The summed E-state index contributed by atoms with van der Waals surface area (Å²) in [5.74, 6) is 1.48. The van der Waals surface area contributed by atoms with Crippen LogP contribution < -0.4 is 10.1 Å². The maximum absolute atomic E-state index is 10.9. The molecular formula is C17H25N3O4. The zero-order valence-electron chi connectivity index (χ0n) is 14.1. The second-order valence-corrected chi connectivity index (χ2v) is 6.94. The predicted octanol–water partition coefficient (Wildman–Crippen LogP) is 2.43. The molecule has 0 spiro atoms. The van der Waals surface area contributed by atoms with Crippen LogP contribution in [-0.2, 0) is 4.74 Å². The Labute approximate surface area is 141 Å². The molecule has 1 saturated carbocycles. The van der Waals surface area contributed by atoms with Gasteiger partial charge in [0.25, 0.3) is 0 Å². The highest BCUT2D eigenvalue weighted by molar-refractivity contribution is 5.65. The highest BCUT2D eigenvalue weighted by atomic mass is 16.5. The zero-order valence-corrected chi connectivity index (χ0v) is 14.1. The lowest BCUT2D eigenvalue weighted by atomic mass is 9.70. The Hall–Kier alpha value is -1.89. The number of nitrogens with zero attached hydrogens (tertiary/aromatic N) is 2. The summed E-state index contributed by atoms with van der Waals surface area (Å²) in [5, 5.41) is 11.5. The lowest BCUT2D eigenvalue weighted by molar-refractivity contribution is -0.0177. The minimum absolute atomic E-state index is 0.0182. The SMILES string of the molecule is CC(C)C1C(NC(=O)O)CC1Oc1ncncc1C1CCOCC1. The van der Waals surface area contributed by atoms with Crippen molar-refractivity contribution in [3.05, 3.63) is 18.1 Å². The first-order valence-electron chi connectivity index (χ1n) is 8.60. The quantitative estimate of drug-likeness (QED) is 0.858. The third-order valence-corrected chi connectivity index (χ3v) is 5.09. The number of hydrogen-bond donors (Lipinski definition) is 2. The summed E-state index contributed by atoms with van der Waals surface area (Å²) in [6, 6.07) is -0.0548. The van der Waals surface area contributed by atoms with E-state index in [4.69, 9.17) is 14.6 Å². The topological polar surface area (TPSA) is 93.6 Å². The molecule has 3 unspecified atom stereocenters. The number of ether oxygens (including phenoxy) is 2. The Morgan fingerprint density at radius 2 is 2.17 bits per heavy atom. The van der Waals surface area contributed by atoms with E-state index in [1.807, 2.05) is 6.20 Å². The van der Waals surface area contributed by atoms with Gasteiger partial charge in [-0.3, -0.25) is 0 Å². The third kappa shape index (κ3) is 3.61. The molecule has 3 rings (SSSR count). The number of amides is 1. The molecule has 3 atom stereocenters. The lowest BCUT2D eigenvalue weighted by Gasteiger charge is -2.46. The second kappa shape index (κ2) is 7.34. The molecule has 2 N–H and O–H groups in total. The van der Waals surface area contributed by atoms with Crippen molar-refractivity contribution in [3.8, 4) is 5.88 Å². The maximum Gasteiger partial charge on any atom is 0.404 e. The molecule has 1 aromatic rings. The highest BCUT2D eigenvalue weighted by Gasteiger charge is 2.45. The summed E-state index contributed by atoms with van der Waals surface area (Å²) in [7, 11) is 0. The van der Waals surface area contributed by atoms with Crippen LogP contribution in [0, 0.1) is 11.8 Å². The van der Waals surface area contributed by atoms with E-state index in [-0.39, 0.29) is 18.1 Å². The summed E-state index contributed by atoms with van der Waals surface area (Å²) < 4.78 is 11.6. The van der Waals surface area contributed by atoms with E-state index >= 15 is 0 Å². The van der Waals surface area contributed by atoms with Gasteiger partial charge < -0.3 is 19.9 Å². The minimum atomic E-state index is -0.978. The van der Waals surface area contributed by atoms with Gasteiger partial charge in [-0.1, -0.05) is 13.8 Å². The van der Waals surface area contributed by atoms with Crippen LogP contribution in [0.5, 0.6) is 5.88 Å². The van der Waals surface area contributed by atoms with Gasteiger partial charge in [-0.15, -0.1) is 0 Å². The Morgan fingerprint density at radius 1 is 1.42 bits per heavy atom. The molecule has 2 heterocycles. The molecule has 132 valence electrons. The van der Waals surface area contributed by atoms with Gasteiger partial charge in [0, 0.05) is 43.4 Å². The summed E-state index contributed by atoms with van der Waals surface area (Å²) in [4.78, 5) is 19.4. The molecule has 1 aliphatic carbocycles. The largest absolute Gasteiger partial charge is 0.474 e. The van der Waals surface area contributed by atoms with Crippen LogP contribution in [0.1, 0.15) is 44.6 Å². The number of hydrogen-bond acceptors (Lipinski definition) is 5. The summed E-state index contributed by atoms with van der Waals surface area (Å²) in [5.41, 5.74) is 1.04. The highest BCUT2D eigenvalue weighted by Crippen LogP contribution is 2.39. The van der Waals surface area contributed by atoms with Gasteiger partial charge >= 0.3 is 6.09 Å². The van der Waals surface area contributed by atoms with Crippen LogP contribution in [0.15, 0.2) is 12.5 Å². The zero-order chi connectivity index (χ0) is 17.1. The minimum Gasteiger partial charge on any atom is -0.474 e. The van der Waals surface area contributed by atoms with Crippen molar-refractivity contribution >= 4 is 6.09 Å². The molecule has 7 heteroatoms. The Morgan fingerprint density at radius 3 is 2.83 bits per heavy atom. The van der Waals surface area contributed by atoms with Crippen molar-refractivity contribution in [2.45, 2.75) is 51.2 Å². The van der Waals surface area contributed by atoms with Crippen molar-refractivity contribution in [2.24, 2.45) is 11.8 Å². The predicted molar refractivity (Wildman–Crippen MR) is 87.1 cm³/mol. The molecule has 1 saturated heterocycles. The Balaban J connectivity index is 1.71. The molecule has 0 aromatic carbocycles. The average Bonchev–Trinajstić information content (AvgIpc) is 2.54. The fourth-order valence-corrected chi connectivity index (χ4v) is 3.82. The van der Waals surface area contributed by atoms with Crippen molar-refractivity contribution < 1.29 is 19.4 Å². The van der Waals surface area contributed by atoms with Crippen molar-refractivity contribution in [2.75, 3.05) is 13.2 Å². The van der Waals surface area contributed by atoms with E-state index in [0.717, 1.165) is 31.6 Å². The molecular weight excluding hydrogens is 310 g/mol. The Kier molecular flexibility index (Phi) is 5.18. The smallest absolute Gasteiger partial charge is 0.404 e. The molecule has 24 heavy (non-hydrogen) atoms. The molecule has 7 nitrogen and oxygen atoms in total. The maximum atomic E-state index is 10.9. The first kappa shape index (κ1) is 17.0. The third-order valence-electron chi connectivity index (χ3n) is 5.09. The standard InChI is InChI=1S/C17H25N3O4/c1-10(2)15-13(20-17(21)22)7-14(15)24-16-12(8-18-9-19-16)11-3-5-23-6-4-11/h8-11,13-15,20H,3-7H2,1-2H3,(H,21,22). The lowest BCUT2D eigenvalue weighted by Crippen LogP contribution is -2.59. The van der Waals surface area contributed by atoms with Crippen LogP contribution in [0.4, 0.5) is 4.79 Å². The normalized spacial score (nSPS) is 27.5. The van der Waals surface area contributed by atoms with Crippen LogP contribution in [0.25, 0.3) is 0 Å². The molecule has 1 aliphatic heterocycles. The van der Waals surface area contributed by atoms with Crippen molar-refractivity contribution in [1.82, 2.24) is 15.3 Å². The number of rotatable bonds is 5. The van der Waals surface area contributed by atoms with E-state index in [0.29, 0.717) is 24.1 Å². The van der Waals surface area contributed by atoms with Gasteiger partial charge in [-0.25, -0.2) is 14.8 Å². The first-order valence-corrected chi connectivity index (χ1v) is 8.60. The van der Waals surface area contributed by atoms with Crippen molar-refractivity contribution in [1.29, 1.82) is 0 Å². The molecule has 1 aromatic heterocycles. The number of carbonyl (C=O) groups is 1. The van der Waals surface area contributed by atoms with Gasteiger partial charge in [0.2, 0.25) is 5.88 Å². The number of nitrogens with one attached hydrogen (secondary N) is 1. The molecule has 2 fully saturated rings.